The number of hydrogen-bond acceptors (Lipinski definition) is 4. The third-order valence-electron chi connectivity index (χ3n) is 5.51. The Labute approximate surface area is 120 Å². The van der Waals surface area contributed by atoms with Gasteiger partial charge in [0.1, 0.15) is 0 Å². The molecule has 0 aromatic carbocycles. The van der Waals surface area contributed by atoms with Gasteiger partial charge in [0.15, 0.2) is 0 Å². The molecule has 2 saturated heterocycles. The molecule has 2 aliphatic heterocycles. The second kappa shape index (κ2) is 5.28. The zero-order valence-electron chi connectivity index (χ0n) is 12.2. The van der Waals surface area contributed by atoms with Crippen LogP contribution in [0.2, 0.25) is 0 Å². The molecule has 0 spiro atoms. The van der Waals surface area contributed by atoms with Crippen molar-refractivity contribution in [2.24, 2.45) is 17.3 Å². The number of aliphatic hydroxyl groups excluding tert-OH is 2. The number of nitrogens with zero attached hydrogens (tertiary/aromatic N) is 1. The maximum atomic E-state index is 12.8. The van der Waals surface area contributed by atoms with Gasteiger partial charge in [0.05, 0.1) is 17.6 Å². The quantitative estimate of drug-likeness (QED) is 0.631. The zero-order chi connectivity index (χ0) is 14.3. The molecule has 0 bridgehead atoms. The van der Waals surface area contributed by atoms with Crippen LogP contribution in [-0.4, -0.2) is 59.4 Å². The molecule has 3 fully saturated rings. The van der Waals surface area contributed by atoms with Gasteiger partial charge in [0.2, 0.25) is 5.91 Å². The van der Waals surface area contributed by atoms with Crippen LogP contribution in [0.25, 0.3) is 0 Å². The van der Waals surface area contributed by atoms with Crippen LogP contribution in [0.1, 0.15) is 32.6 Å². The van der Waals surface area contributed by atoms with Gasteiger partial charge in [0.25, 0.3) is 0 Å². The fraction of sp³-hybridized carbons (Fsp3) is 0.933. The highest BCUT2D eigenvalue weighted by atomic mass is 16.3. The van der Waals surface area contributed by atoms with Crippen molar-refractivity contribution in [3.63, 3.8) is 0 Å². The molecule has 0 unspecified atom stereocenters. The van der Waals surface area contributed by atoms with Gasteiger partial charge in [0, 0.05) is 19.6 Å². The Balaban J connectivity index is 1.66. The number of aliphatic hydroxyl groups is 2. The maximum absolute atomic E-state index is 12.8. The molecule has 0 aromatic heterocycles. The molecule has 5 nitrogen and oxygen atoms in total. The topological polar surface area (TPSA) is 72.8 Å². The lowest BCUT2D eigenvalue weighted by molar-refractivity contribution is -0.141. The number of piperidine rings is 1. The van der Waals surface area contributed by atoms with E-state index >= 15 is 0 Å². The van der Waals surface area contributed by atoms with Crippen molar-refractivity contribution in [2.75, 3.05) is 26.2 Å². The number of likely N-dealkylation sites (tertiary alicyclic amines) is 1. The van der Waals surface area contributed by atoms with E-state index in [1.807, 2.05) is 4.90 Å². The van der Waals surface area contributed by atoms with Gasteiger partial charge in [-0.15, -0.1) is 0 Å². The molecular weight excluding hydrogens is 256 g/mol. The summed E-state index contributed by atoms with van der Waals surface area (Å²) in [7, 11) is 0. The van der Waals surface area contributed by atoms with Crippen LogP contribution in [0.4, 0.5) is 0 Å². The molecule has 5 heteroatoms. The Morgan fingerprint density at radius 3 is 2.30 bits per heavy atom. The van der Waals surface area contributed by atoms with Crippen molar-refractivity contribution in [1.29, 1.82) is 0 Å². The number of carbonyl (C=O) groups is 1. The first kappa shape index (κ1) is 14.3. The summed E-state index contributed by atoms with van der Waals surface area (Å²) in [4.78, 5) is 14.8. The number of fused-ring (bicyclic) bond motifs is 1. The SMILES string of the molecule is C[C@@]1(C(=O)N2C[C@H]3C[C@H](O)[C@H](O)C[C@H]3C2)CCCNC1. The van der Waals surface area contributed by atoms with Gasteiger partial charge in [-0.2, -0.15) is 0 Å². The van der Waals surface area contributed by atoms with Gasteiger partial charge in [-0.3, -0.25) is 4.79 Å². The van der Waals surface area contributed by atoms with Gasteiger partial charge in [-0.05, 0) is 51.0 Å². The van der Waals surface area contributed by atoms with Crippen molar-refractivity contribution in [2.45, 2.75) is 44.8 Å². The monoisotopic (exact) mass is 282 g/mol. The molecule has 1 aliphatic carbocycles. The van der Waals surface area contributed by atoms with Crippen LogP contribution in [0.3, 0.4) is 0 Å². The molecule has 0 aromatic rings. The average molecular weight is 282 g/mol. The van der Waals surface area contributed by atoms with E-state index < -0.39 is 12.2 Å². The lowest BCUT2D eigenvalue weighted by Gasteiger charge is -2.36. The predicted molar refractivity (Wildman–Crippen MR) is 75.0 cm³/mol. The lowest BCUT2D eigenvalue weighted by Crippen LogP contribution is -2.49. The highest BCUT2D eigenvalue weighted by Crippen LogP contribution is 2.39. The van der Waals surface area contributed by atoms with Crippen LogP contribution in [-0.2, 0) is 4.79 Å². The first-order valence-electron chi connectivity index (χ1n) is 7.86. The summed E-state index contributed by atoms with van der Waals surface area (Å²) in [5, 5.41) is 22.9. The number of nitrogens with one attached hydrogen (secondary N) is 1. The van der Waals surface area contributed by atoms with Gasteiger partial charge >= 0.3 is 0 Å². The maximum Gasteiger partial charge on any atom is 0.229 e. The van der Waals surface area contributed by atoms with Crippen LogP contribution in [0.15, 0.2) is 0 Å². The predicted octanol–water partition coefficient (Wildman–Crippen LogP) is -0.0337. The van der Waals surface area contributed by atoms with Crippen LogP contribution < -0.4 is 5.32 Å². The van der Waals surface area contributed by atoms with E-state index in [9.17, 15) is 15.0 Å². The third kappa shape index (κ3) is 2.47. The fourth-order valence-electron chi connectivity index (χ4n) is 4.19. The molecule has 2 heterocycles. The first-order chi connectivity index (χ1) is 9.49. The van der Waals surface area contributed by atoms with Crippen LogP contribution >= 0.6 is 0 Å². The van der Waals surface area contributed by atoms with E-state index in [0.29, 0.717) is 24.7 Å². The smallest absolute Gasteiger partial charge is 0.229 e. The molecule has 3 N–H and O–H groups in total. The molecule has 3 aliphatic rings. The van der Waals surface area contributed by atoms with Crippen molar-refractivity contribution in [3.05, 3.63) is 0 Å². The first-order valence-corrected chi connectivity index (χ1v) is 7.86. The largest absolute Gasteiger partial charge is 0.390 e. The highest BCUT2D eigenvalue weighted by molar-refractivity contribution is 5.83. The fourth-order valence-corrected chi connectivity index (χ4v) is 4.19. The van der Waals surface area contributed by atoms with E-state index in [0.717, 1.165) is 39.0 Å². The Kier molecular flexibility index (Phi) is 3.77. The van der Waals surface area contributed by atoms with Crippen molar-refractivity contribution < 1.29 is 15.0 Å². The van der Waals surface area contributed by atoms with Crippen molar-refractivity contribution in [3.8, 4) is 0 Å². The summed E-state index contributed by atoms with van der Waals surface area (Å²) in [5.41, 5.74) is -0.275. The zero-order valence-corrected chi connectivity index (χ0v) is 12.2. The van der Waals surface area contributed by atoms with Crippen LogP contribution in [0, 0.1) is 17.3 Å². The number of carbonyl (C=O) groups excluding carboxylic acids is 1. The van der Waals surface area contributed by atoms with Gasteiger partial charge in [-0.25, -0.2) is 0 Å². The summed E-state index contributed by atoms with van der Waals surface area (Å²) in [6, 6.07) is 0. The molecule has 1 amide bonds. The van der Waals surface area contributed by atoms with Crippen molar-refractivity contribution >= 4 is 5.91 Å². The minimum Gasteiger partial charge on any atom is -0.390 e. The van der Waals surface area contributed by atoms with Crippen molar-refractivity contribution in [1.82, 2.24) is 10.2 Å². The summed E-state index contributed by atoms with van der Waals surface area (Å²) in [6.07, 6.45) is 2.04. The summed E-state index contributed by atoms with van der Waals surface area (Å²) in [5.74, 6) is 0.970. The highest BCUT2D eigenvalue weighted by Gasteiger charge is 2.46. The number of hydrogen-bond donors (Lipinski definition) is 3. The lowest BCUT2D eigenvalue weighted by atomic mass is 9.79. The minimum atomic E-state index is -0.613. The molecule has 5 atom stereocenters. The third-order valence-corrected chi connectivity index (χ3v) is 5.51. The summed E-state index contributed by atoms with van der Waals surface area (Å²) < 4.78 is 0. The van der Waals surface area contributed by atoms with E-state index in [-0.39, 0.29) is 11.3 Å². The Bertz CT molecular complexity index is 363. The molecule has 114 valence electrons. The van der Waals surface area contributed by atoms with Gasteiger partial charge < -0.3 is 20.4 Å². The van der Waals surface area contributed by atoms with E-state index in [4.69, 9.17) is 0 Å². The average Bonchev–Trinajstić information content (AvgIpc) is 2.82. The summed E-state index contributed by atoms with van der Waals surface area (Å²) >= 11 is 0. The van der Waals surface area contributed by atoms with E-state index in [1.165, 1.54) is 0 Å². The second-order valence-corrected chi connectivity index (χ2v) is 7.18. The molecular formula is C15H26N2O3. The Morgan fingerprint density at radius 1 is 1.20 bits per heavy atom. The van der Waals surface area contributed by atoms with Gasteiger partial charge in [-0.1, -0.05) is 0 Å². The molecule has 0 radical (unpaired) electrons. The minimum absolute atomic E-state index is 0.253. The Hall–Kier alpha value is -0.650. The molecule has 3 rings (SSSR count). The normalized spacial score (nSPS) is 45.2. The Morgan fingerprint density at radius 2 is 1.80 bits per heavy atom. The molecule has 20 heavy (non-hydrogen) atoms. The van der Waals surface area contributed by atoms with E-state index in [1.54, 1.807) is 0 Å². The number of amides is 1. The standard InChI is InChI=1S/C15H26N2O3/c1-15(3-2-4-16-9-15)14(20)17-7-10-5-12(18)13(19)6-11(10)8-17/h10-13,16,18-19H,2-9H2,1H3/t10-,11+,12+,13-,15-/m1/s1. The summed E-state index contributed by atoms with van der Waals surface area (Å²) in [6.45, 7) is 5.34. The molecule has 1 saturated carbocycles. The van der Waals surface area contributed by atoms with E-state index in [2.05, 4.69) is 12.2 Å². The van der Waals surface area contributed by atoms with Crippen LogP contribution in [0.5, 0.6) is 0 Å². The number of rotatable bonds is 1. The second-order valence-electron chi connectivity index (χ2n) is 7.18.